The van der Waals surface area contributed by atoms with Crippen LogP contribution in [0.3, 0.4) is 0 Å². The quantitative estimate of drug-likeness (QED) is 0.550. The number of fused-ring (bicyclic) bond motifs is 2. The Bertz CT molecular complexity index is 1090. The number of hydrogen-bond acceptors (Lipinski definition) is 8. The molecule has 4 rings (SSSR count). The molecule has 0 aromatic carbocycles. The molecule has 0 bridgehead atoms. The number of esters is 1. The van der Waals surface area contributed by atoms with Crippen LogP contribution in [0.2, 0.25) is 0 Å². The van der Waals surface area contributed by atoms with Gasteiger partial charge in [0.25, 0.3) is 5.56 Å². The van der Waals surface area contributed by atoms with Crippen molar-refractivity contribution in [3.63, 3.8) is 0 Å². The molecule has 1 aliphatic carbocycles. The standard InChI is InChI=1S/C21H26N4O4S2/c1-5-29-18(28)12-6-7-13-16(12)23-19(31-13)24-17(27)11-9-25-15(26)8-14(21(2,3)4)22-20(25)30-10-11/h8,11-12H,5-7,9-10H2,1-4H3,(H,23,24,27). The summed E-state index contributed by atoms with van der Waals surface area (Å²) in [5, 5.41) is 4.04. The summed E-state index contributed by atoms with van der Waals surface area (Å²) in [5.74, 6) is -0.605. The maximum absolute atomic E-state index is 12.9. The Morgan fingerprint density at radius 3 is 2.81 bits per heavy atom. The predicted octanol–water partition coefficient (Wildman–Crippen LogP) is 2.95. The van der Waals surface area contributed by atoms with E-state index in [4.69, 9.17) is 4.74 Å². The van der Waals surface area contributed by atoms with Gasteiger partial charge in [-0.05, 0) is 19.8 Å². The lowest BCUT2D eigenvalue weighted by Crippen LogP contribution is -2.37. The largest absolute Gasteiger partial charge is 0.465 e. The van der Waals surface area contributed by atoms with Gasteiger partial charge in [-0.25, -0.2) is 9.97 Å². The lowest BCUT2D eigenvalue weighted by Gasteiger charge is -2.26. The van der Waals surface area contributed by atoms with Gasteiger partial charge in [0.05, 0.1) is 23.9 Å². The van der Waals surface area contributed by atoms with Gasteiger partial charge in [-0.1, -0.05) is 32.5 Å². The maximum Gasteiger partial charge on any atom is 0.315 e. The van der Waals surface area contributed by atoms with Crippen molar-refractivity contribution >= 4 is 40.1 Å². The fourth-order valence-corrected chi connectivity index (χ4v) is 5.85. The van der Waals surface area contributed by atoms with E-state index in [1.807, 2.05) is 20.8 Å². The maximum atomic E-state index is 12.9. The van der Waals surface area contributed by atoms with Gasteiger partial charge in [0.1, 0.15) is 5.92 Å². The second kappa shape index (κ2) is 8.38. The van der Waals surface area contributed by atoms with Crippen molar-refractivity contribution in [2.45, 2.75) is 63.6 Å². The van der Waals surface area contributed by atoms with Gasteiger partial charge >= 0.3 is 5.97 Å². The highest BCUT2D eigenvalue weighted by molar-refractivity contribution is 7.99. The number of nitrogens with zero attached hydrogens (tertiary/aromatic N) is 3. The van der Waals surface area contributed by atoms with Crippen LogP contribution in [-0.2, 0) is 32.7 Å². The third kappa shape index (κ3) is 4.41. The number of carbonyl (C=O) groups excluding carboxylic acids is 2. The van der Waals surface area contributed by atoms with Crippen LogP contribution in [0.5, 0.6) is 0 Å². The van der Waals surface area contributed by atoms with Crippen LogP contribution in [-0.4, -0.2) is 38.8 Å². The number of hydrogen-bond donors (Lipinski definition) is 1. The second-order valence-electron chi connectivity index (χ2n) is 8.79. The van der Waals surface area contributed by atoms with E-state index >= 15 is 0 Å². The molecule has 2 aliphatic rings. The molecule has 1 aliphatic heterocycles. The van der Waals surface area contributed by atoms with Gasteiger partial charge in [0.15, 0.2) is 10.3 Å². The van der Waals surface area contributed by atoms with Crippen molar-refractivity contribution in [1.29, 1.82) is 0 Å². The van der Waals surface area contributed by atoms with E-state index in [-0.39, 0.29) is 34.7 Å². The smallest absolute Gasteiger partial charge is 0.315 e. The highest BCUT2D eigenvalue weighted by Crippen LogP contribution is 2.39. The zero-order valence-electron chi connectivity index (χ0n) is 18.1. The number of ether oxygens (including phenoxy) is 1. The molecule has 0 radical (unpaired) electrons. The molecule has 3 heterocycles. The van der Waals surface area contributed by atoms with Crippen molar-refractivity contribution in [3.8, 4) is 0 Å². The first kappa shape index (κ1) is 22.0. The molecule has 0 saturated carbocycles. The Kier molecular flexibility index (Phi) is 5.95. The van der Waals surface area contributed by atoms with E-state index < -0.39 is 0 Å². The molecule has 2 atom stereocenters. The van der Waals surface area contributed by atoms with Crippen LogP contribution in [0.1, 0.15) is 56.3 Å². The zero-order valence-corrected chi connectivity index (χ0v) is 19.7. The minimum absolute atomic E-state index is 0.134. The molecule has 166 valence electrons. The highest BCUT2D eigenvalue weighted by Gasteiger charge is 2.35. The fraction of sp³-hybridized carbons (Fsp3) is 0.571. The topological polar surface area (TPSA) is 103 Å². The molecule has 1 N–H and O–H groups in total. The highest BCUT2D eigenvalue weighted by atomic mass is 32.2. The Morgan fingerprint density at radius 1 is 1.32 bits per heavy atom. The molecule has 0 fully saturated rings. The summed E-state index contributed by atoms with van der Waals surface area (Å²) in [6.07, 6.45) is 1.46. The molecule has 2 unspecified atom stereocenters. The van der Waals surface area contributed by atoms with E-state index in [2.05, 4.69) is 15.3 Å². The molecule has 0 spiro atoms. The molecule has 1 amide bonds. The van der Waals surface area contributed by atoms with Crippen molar-refractivity contribution in [2.24, 2.45) is 5.92 Å². The molecule has 2 aromatic rings. The van der Waals surface area contributed by atoms with E-state index in [9.17, 15) is 14.4 Å². The number of aryl methyl sites for hydroxylation is 1. The molecule has 0 saturated heterocycles. The van der Waals surface area contributed by atoms with Gasteiger partial charge < -0.3 is 10.1 Å². The Labute approximate surface area is 188 Å². The first-order chi connectivity index (χ1) is 14.7. The van der Waals surface area contributed by atoms with Crippen molar-refractivity contribution in [2.75, 3.05) is 17.7 Å². The van der Waals surface area contributed by atoms with Gasteiger partial charge in [0.2, 0.25) is 5.91 Å². The number of thioether (sulfide) groups is 1. The molecule has 8 nitrogen and oxygen atoms in total. The first-order valence-electron chi connectivity index (χ1n) is 10.4. The van der Waals surface area contributed by atoms with Crippen LogP contribution < -0.4 is 10.9 Å². The third-order valence-corrected chi connectivity index (χ3v) is 7.63. The molecule has 10 heteroatoms. The Hall–Kier alpha value is -2.20. The Morgan fingerprint density at radius 2 is 2.10 bits per heavy atom. The number of anilines is 1. The van der Waals surface area contributed by atoms with E-state index in [1.54, 1.807) is 17.6 Å². The van der Waals surface area contributed by atoms with Crippen LogP contribution in [0.4, 0.5) is 5.13 Å². The number of thiazole rings is 1. The SMILES string of the molecule is CCOC(=O)C1CCc2sc(NC(=O)C3CSc4nc(C(C)(C)C)cc(=O)n4C3)nc21. The number of rotatable bonds is 4. The monoisotopic (exact) mass is 462 g/mol. The fourth-order valence-electron chi connectivity index (χ4n) is 3.71. The summed E-state index contributed by atoms with van der Waals surface area (Å²) < 4.78 is 6.71. The van der Waals surface area contributed by atoms with E-state index in [0.29, 0.717) is 35.6 Å². The summed E-state index contributed by atoms with van der Waals surface area (Å²) in [6.45, 7) is 8.48. The summed E-state index contributed by atoms with van der Waals surface area (Å²) in [7, 11) is 0. The van der Waals surface area contributed by atoms with Gasteiger partial charge in [-0.15, -0.1) is 11.3 Å². The average molecular weight is 463 g/mol. The van der Waals surface area contributed by atoms with Gasteiger partial charge in [0, 0.05) is 28.7 Å². The van der Waals surface area contributed by atoms with Crippen LogP contribution in [0.15, 0.2) is 16.0 Å². The van der Waals surface area contributed by atoms with Crippen molar-refractivity contribution in [3.05, 3.63) is 32.7 Å². The average Bonchev–Trinajstić information content (AvgIpc) is 3.27. The van der Waals surface area contributed by atoms with Crippen molar-refractivity contribution in [1.82, 2.24) is 14.5 Å². The van der Waals surface area contributed by atoms with E-state index in [0.717, 1.165) is 22.7 Å². The van der Waals surface area contributed by atoms with Crippen LogP contribution in [0.25, 0.3) is 0 Å². The van der Waals surface area contributed by atoms with Gasteiger partial charge in [-0.3, -0.25) is 19.0 Å². The summed E-state index contributed by atoms with van der Waals surface area (Å²) in [4.78, 5) is 47.8. The summed E-state index contributed by atoms with van der Waals surface area (Å²) in [5.41, 5.74) is 1.13. The van der Waals surface area contributed by atoms with Gasteiger partial charge in [-0.2, -0.15) is 0 Å². The summed E-state index contributed by atoms with van der Waals surface area (Å²) >= 11 is 2.84. The van der Waals surface area contributed by atoms with Crippen molar-refractivity contribution < 1.29 is 14.3 Å². The molecular weight excluding hydrogens is 436 g/mol. The van der Waals surface area contributed by atoms with Crippen LogP contribution in [0, 0.1) is 5.92 Å². The number of aromatic nitrogens is 3. The Balaban J connectivity index is 1.46. The summed E-state index contributed by atoms with van der Waals surface area (Å²) in [6, 6.07) is 1.56. The molecule has 2 aromatic heterocycles. The molecular formula is C21H26N4O4S2. The first-order valence-corrected chi connectivity index (χ1v) is 12.2. The second-order valence-corrected chi connectivity index (χ2v) is 10.9. The lowest BCUT2D eigenvalue weighted by molar-refractivity contribution is -0.145. The normalized spacial score (nSPS) is 20.1. The predicted molar refractivity (Wildman–Crippen MR) is 120 cm³/mol. The number of carbonyl (C=O) groups is 2. The number of nitrogens with one attached hydrogen (secondary N) is 1. The molecule has 31 heavy (non-hydrogen) atoms. The third-order valence-electron chi connectivity index (χ3n) is 5.45. The van der Waals surface area contributed by atoms with E-state index in [1.165, 1.54) is 23.1 Å². The van der Waals surface area contributed by atoms with Crippen LogP contribution >= 0.6 is 23.1 Å². The minimum Gasteiger partial charge on any atom is -0.465 e. The zero-order chi connectivity index (χ0) is 22.3. The minimum atomic E-state index is -0.364. The lowest BCUT2D eigenvalue weighted by atomic mass is 9.92. The number of amides is 1.